The molecule has 0 atom stereocenters. The maximum absolute atomic E-state index is 10.4. The van der Waals surface area contributed by atoms with Crippen molar-refractivity contribution in [1.29, 1.82) is 0 Å². The summed E-state index contributed by atoms with van der Waals surface area (Å²) >= 11 is 0. The summed E-state index contributed by atoms with van der Waals surface area (Å²) < 4.78 is 0. The standard InChI is InChI=1S/C8H17NO/c1-3-4-6-9-7-5-8(2)10/h9H,3-7H2,1-2H3. The van der Waals surface area contributed by atoms with Crippen molar-refractivity contribution in [2.75, 3.05) is 13.1 Å². The van der Waals surface area contributed by atoms with Crippen LogP contribution in [0.5, 0.6) is 0 Å². The number of ketones is 1. The summed E-state index contributed by atoms with van der Waals surface area (Å²) in [5, 5.41) is 3.20. The maximum Gasteiger partial charge on any atom is 0.131 e. The Bertz CT molecular complexity index is 91.3. The second-order valence-corrected chi connectivity index (χ2v) is 2.56. The Morgan fingerprint density at radius 3 is 2.60 bits per heavy atom. The first-order valence-electron chi connectivity index (χ1n) is 3.97. The van der Waals surface area contributed by atoms with Gasteiger partial charge in [-0.3, -0.25) is 4.79 Å². The minimum absolute atomic E-state index is 0.268. The van der Waals surface area contributed by atoms with Crippen molar-refractivity contribution < 1.29 is 4.79 Å². The molecule has 60 valence electrons. The molecule has 0 unspecified atom stereocenters. The summed E-state index contributed by atoms with van der Waals surface area (Å²) in [6.07, 6.45) is 3.09. The molecular weight excluding hydrogens is 126 g/mol. The number of nitrogens with one attached hydrogen (secondary N) is 1. The Labute approximate surface area is 63.0 Å². The lowest BCUT2D eigenvalue weighted by Crippen LogP contribution is -2.18. The van der Waals surface area contributed by atoms with Gasteiger partial charge < -0.3 is 5.32 Å². The third-order valence-corrected chi connectivity index (χ3v) is 1.36. The molecule has 0 saturated carbocycles. The van der Waals surface area contributed by atoms with E-state index in [0.29, 0.717) is 6.42 Å². The summed E-state index contributed by atoms with van der Waals surface area (Å²) in [5.74, 6) is 0.268. The van der Waals surface area contributed by atoms with Crippen LogP contribution in [0.1, 0.15) is 33.1 Å². The third-order valence-electron chi connectivity index (χ3n) is 1.36. The van der Waals surface area contributed by atoms with Crippen molar-refractivity contribution in [2.24, 2.45) is 0 Å². The fourth-order valence-corrected chi connectivity index (χ4v) is 0.691. The fourth-order valence-electron chi connectivity index (χ4n) is 0.691. The predicted molar refractivity (Wildman–Crippen MR) is 43.1 cm³/mol. The molecule has 0 aliphatic carbocycles. The Hall–Kier alpha value is -0.370. The van der Waals surface area contributed by atoms with Crippen LogP contribution in [0, 0.1) is 0 Å². The zero-order chi connectivity index (χ0) is 7.82. The van der Waals surface area contributed by atoms with E-state index in [-0.39, 0.29) is 5.78 Å². The van der Waals surface area contributed by atoms with E-state index >= 15 is 0 Å². The maximum atomic E-state index is 10.4. The molecule has 2 heteroatoms. The van der Waals surface area contributed by atoms with Gasteiger partial charge in [0.2, 0.25) is 0 Å². The van der Waals surface area contributed by atoms with Crippen LogP contribution >= 0.6 is 0 Å². The lowest BCUT2D eigenvalue weighted by atomic mass is 10.3. The van der Waals surface area contributed by atoms with E-state index in [9.17, 15) is 4.79 Å². The molecule has 0 rings (SSSR count). The van der Waals surface area contributed by atoms with E-state index < -0.39 is 0 Å². The monoisotopic (exact) mass is 143 g/mol. The first-order chi connectivity index (χ1) is 4.77. The van der Waals surface area contributed by atoms with Crippen LogP contribution in [0.3, 0.4) is 0 Å². The van der Waals surface area contributed by atoms with Crippen LogP contribution in [0.25, 0.3) is 0 Å². The van der Waals surface area contributed by atoms with Crippen molar-refractivity contribution in [1.82, 2.24) is 5.32 Å². The number of unbranched alkanes of at least 4 members (excludes halogenated alkanes) is 1. The zero-order valence-electron chi connectivity index (χ0n) is 6.94. The van der Waals surface area contributed by atoms with Gasteiger partial charge in [-0.05, 0) is 19.9 Å². The lowest BCUT2D eigenvalue weighted by Gasteiger charge is -1.99. The van der Waals surface area contributed by atoms with Gasteiger partial charge in [0.15, 0.2) is 0 Å². The summed E-state index contributed by atoms with van der Waals surface area (Å²) in [4.78, 5) is 10.4. The number of carbonyl (C=O) groups excluding carboxylic acids is 1. The quantitative estimate of drug-likeness (QED) is 0.569. The van der Waals surface area contributed by atoms with Gasteiger partial charge in [-0.1, -0.05) is 13.3 Å². The van der Waals surface area contributed by atoms with E-state index in [1.165, 1.54) is 12.8 Å². The Morgan fingerprint density at radius 1 is 1.40 bits per heavy atom. The van der Waals surface area contributed by atoms with Crippen molar-refractivity contribution >= 4 is 5.78 Å². The molecule has 0 amide bonds. The van der Waals surface area contributed by atoms with E-state index in [2.05, 4.69) is 12.2 Å². The largest absolute Gasteiger partial charge is 0.316 e. The summed E-state index contributed by atoms with van der Waals surface area (Å²) in [6.45, 7) is 5.67. The molecule has 0 aliphatic rings. The molecule has 0 spiro atoms. The third kappa shape index (κ3) is 7.63. The first kappa shape index (κ1) is 9.63. The molecule has 0 heterocycles. The average molecular weight is 143 g/mol. The van der Waals surface area contributed by atoms with Crippen LogP contribution in [0.15, 0.2) is 0 Å². The van der Waals surface area contributed by atoms with E-state index in [1.54, 1.807) is 6.92 Å². The minimum Gasteiger partial charge on any atom is -0.316 e. The van der Waals surface area contributed by atoms with Crippen molar-refractivity contribution in [3.63, 3.8) is 0 Å². The molecule has 10 heavy (non-hydrogen) atoms. The Kier molecular flexibility index (Phi) is 6.50. The van der Waals surface area contributed by atoms with E-state index in [1.807, 2.05) is 0 Å². The number of hydrogen-bond donors (Lipinski definition) is 1. The normalized spacial score (nSPS) is 9.80. The van der Waals surface area contributed by atoms with E-state index in [0.717, 1.165) is 13.1 Å². The number of Topliss-reactive ketones (excluding diaryl/α,β-unsaturated/α-hetero) is 1. The molecule has 0 radical (unpaired) electrons. The number of rotatable bonds is 6. The Morgan fingerprint density at radius 2 is 2.10 bits per heavy atom. The summed E-state index contributed by atoms with van der Waals surface area (Å²) in [7, 11) is 0. The van der Waals surface area contributed by atoms with Crippen LogP contribution in [-0.4, -0.2) is 18.9 Å². The molecule has 0 saturated heterocycles. The van der Waals surface area contributed by atoms with Crippen LogP contribution in [0.2, 0.25) is 0 Å². The highest BCUT2D eigenvalue weighted by molar-refractivity contribution is 5.75. The Balaban J connectivity index is 2.84. The van der Waals surface area contributed by atoms with Gasteiger partial charge in [-0.15, -0.1) is 0 Å². The molecule has 2 nitrogen and oxygen atoms in total. The van der Waals surface area contributed by atoms with Gasteiger partial charge in [0.05, 0.1) is 0 Å². The second-order valence-electron chi connectivity index (χ2n) is 2.56. The SMILES string of the molecule is CCCCNCCC(C)=O. The van der Waals surface area contributed by atoms with Gasteiger partial charge >= 0.3 is 0 Å². The van der Waals surface area contributed by atoms with Gasteiger partial charge in [0, 0.05) is 13.0 Å². The molecule has 0 bridgehead atoms. The molecule has 0 aromatic rings. The van der Waals surface area contributed by atoms with Crippen molar-refractivity contribution in [3.8, 4) is 0 Å². The van der Waals surface area contributed by atoms with Gasteiger partial charge in [0.25, 0.3) is 0 Å². The molecular formula is C8H17NO. The summed E-state index contributed by atoms with van der Waals surface area (Å²) in [6, 6.07) is 0. The number of carbonyl (C=O) groups is 1. The highest BCUT2D eigenvalue weighted by Crippen LogP contribution is 1.83. The minimum atomic E-state index is 0.268. The highest BCUT2D eigenvalue weighted by atomic mass is 16.1. The molecule has 0 aliphatic heterocycles. The zero-order valence-corrected chi connectivity index (χ0v) is 6.94. The summed E-state index contributed by atoms with van der Waals surface area (Å²) in [5.41, 5.74) is 0. The van der Waals surface area contributed by atoms with Crippen LogP contribution in [-0.2, 0) is 4.79 Å². The first-order valence-corrected chi connectivity index (χ1v) is 3.97. The topological polar surface area (TPSA) is 29.1 Å². The molecule has 0 fully saturated rings. The predicted octanol–water partition coefficient (Wildman–Crippen LogP) is 1.36. The van der Waals surface area contributed by atoms with Crippen molar-refractivity contribution in [2.45, 2.75) is 33.1 Å². The van der Waals surface area contributed by atoms with Crippen LogP contribution in [0.4, 0.5) is 0 Å². The molecule has 0 aromatic heterocycles. The average Bonchev–Trinajstić information content (AvgIpc) is 1.87. The fraction of sp³-hybridized carbons (Fsp3) is 0.875. The molecule has 0 aromatic carbocycles. The van der Waals surface area contributed by atoms with Gasteiger partial charge in [-0.25, -0.2) is 0 Å². The second kappa shape index (κ2) is 6.75. The van der Waals surface area contributed by atoms with Crippen LogP contribution < -0.4 is 5.32 Å². The van der Waals surface area contributed by atoms with Crippen molar-refractivity contribution in [3.05, 3.63) is 0 Å². The van der Waals surface area contributed by atoms with Gasteiger partial charge in [0.1, 0.15) is 5.78 Å². The van der Waals surface area contributed by atoms with E-state index in [4.69, 9.17) is 0 Å². The number of hydrogen-bond acceptors (Lipinski definition) is 2. The highest BCUT2D eigenvalue weighted by Gasteiger charge is 1.90. The lowest BCUT2D eigenvalue weighted by molar-refractivity contribution is -0.116. The smallest absolute Gasteiger partial charge is 0.131 e. The molecule has 1 N–H and O–H groups in total. The van der Waals surface area contributed by atoms with Gasteiger partial charge in [-0.2, -0.15) is 0 Å².